The van der Waals surface area contributed by atoms with E-state index < -0.39 is 17.7 Å². The average Bonchev–Trinajstić information content (AvgIpc) is 3.31. The number of nitrogens with one attached hydrogen (secondary N) is 1. The summed E-state index contributed by atoms with van der Waals surface area (Å²) in [5, 5.41) is 2.67. The Labute approximate surface area is 187 Å². The molecule has 1 saturated heterocycles. The lowest BCUT2D eigenvalue weighted by molar-refractivity contribution is -0.124. The van der Waals surface area contributed by atoms with Crippen molar-refractivity contribution in [2.24, 2.45) is 5.92 Å². The quantitative estimate of drug-likeness (QED) is 0.756. The fraction of sp³-hybridized carbons (Fsp3) is 0.440. The van der Waals surface area contributed by atoms with Crippen LogP contribution in [0.4, 0.5) is 14.5 Å². The highest BCUT2D eigenvalue weighted by Crippen LogP contribution is 2.32. The third-order valence-corrected chi connectivity index (χ3v) is 6.60. The Morgan fingerprint density at radius 2 is 1.62 bits per heavy atom. The van der Waals surface area contributed by atoms with Gasteiger partial charge in [0.2, 0.25) is 5.91 Å². The van der Waals surface area contributed by atoms with Gasteiger partial charge in [0.1, 0.15) is 11.6 Å². The largest absolute Gasteiger partial charge is 0.336 e. The highest BCUT2D eigenvalue weighted by molar-refractivity contribution is 5.95. The van der Waals surface area contributed by atoms with E-state index in [4.69, 9.17) is 0 Å². The standard InChI is InChI=1S/C25H29F2N3O2/c1-17-6-8-19(9-7-17)25(32)30-14-12-29(13-15-30)23(18-4-2-3-5-18)24(31)28-22-11-10-20(26)16-21(22)27/h6-11,16,18,23H,2-5,12-15H2,1H3,(H,28,31)/t23-/m0/s1. The van der Waals surface area contributed by atoms with Gasteiger partial charge >= 0.3 is 0 Å². The molecule has 32 heavy (non-hydrogen) atoms. The molecule has 1 N–H and O–H groups in total. The molecule has 2 aromatic rings. The Kier molecular flexibility index (Phi) is 6.84. The van der Waals surface area contributed by atoms with Crippen LogP contribution in [0.1, 0.15) is 41.6 Å². The number of carbonyl (C=O) groups excluding carboxylic acids is 2. The fourth-order valence-corrected chi connectivity index (χ4v) is 4.83. The van der Waals surface area contributed by atoms with Crippen LogP contribution in [-0.2, 0) is 4.79 Å². The minimum atomic E-state index is -0.781. The molecule has 170 valence electrons. The molecule has 0 aromatic heterocycles. The molecule has 1 saturated carbocycles. The maximum absolute atomic E-state index is 14.1. The first kappa shape index (κ1) is 22.4. The first-order chi connectivity index (χ1) is 15.4. The number of hydrogen-bond donors (Lipinski definition) is 1. The van der Waals surface area contributed by atoms with E-state index in [2.05, 4.69) is 10.2 Å². The normalized spacial score (nSPS) is 18.5. The lowest BCUT2D eigenvalue weighted by Gasteiger charge is -2.40. The van der Waals surface area contributed by atoms with Crippen molar-refractivity contribution in [1.29, 1.82) is 0 Å². The minimum Gasteiger partial charge on any atom is -0.336 e. The lowest BCUT2D eigenvalue weighted by Crippen LogP contribution is -2.57. The molecule has 1 atom stereocenters. The number of hydrogen-bond acceptors (Lipinski definition) is 3. The molecule has 5 nitrogen and oxygen atoms in total. The van der Waals surface area contributed by atoms with Crippen LogP contribution in [0.25, 0.3) is 0 Å². The highest BCUT2D eigenvalue weighted by atomic mass is 19.1. The maximum atomic E-state index is 14.1. The molecule has 2 aromatic carbocycles. The molecule has 1 heterocycles. The maximum Gasteiger partial charge on any atom is 0.253 e. The predicted octanol–water partition coefficient (Wildman–Crippen LogP) is 4.23. The first-order valence-electron chi connectivity index (χ1n) is 11.3. The molecule has 7 heteroatoms. The van der Waals surface area contributed by atoms with Gasteiger partial charge in [0.05, 0.1) is 11.7 Å². The van der Waals surface area contributed by atoms with Gasteiger partial charge in [-0.3, -0.25) is 14.5 Å². The summed E-state index contributed by atoms with van der Waals surface area (Å²) < 4.78 is 27.3. The third-order valence-electron chi connectivity index (χ3n) is 6.60. The number of nitrogens with zero attached hydrogens (tertiary/aromatic N) is 2. The van der Waals surface area contributed by atoms with E-state index in [0.717, 1.165) is 43.4 Å². The second-order valence-electron chi connectivity index (χ2n) is 8.80. The Balaban J connectivity index is 1.44. The SMILES string of the molecule is Cc1ccc(C(=O)N2CCN([C@H](C(=O)Nc3ccc(F)cc3F)C3CCCC3)CC2)cc1. The number of rotatable bonds is 5. The van der Waals surface area contributed by atoms with Crippen molar-refractivity contribution >= 4 is 17.5 Å². The van der Waals surface area contributed by atoms with Crippen molar-refractivity contribution < 1.29 is 18.4 Å². The minimum absolute atomic E-state index is 0.0000915. The Morgan fingerprint density at radius 3 is 2.25 bits per heavy atom. The van der Waals surface area contributed by atoms with Crippen LogP contribution in [0.3, 0.4) is 0 Å². The molecule has 0 bridgehead atoms. The summed E-state index contributed by atoms with van der Waals surface area (Å²) in [5.74, 6) is -1.53. The van der Waals surface area contributed by atoms with Gasteiger partial charge in [0.15, 0.2) is 0 Å². The molecule has 1 aliphatic carbocycles. The average molecular weight is 442 g/mol. The van der Waals surface area contributed by atoms with Crippen molar-refractivity contribution in [1.82, 2.24) is 9.80 Å². The van der Waals surface area contributed by atoms with Gasteiger partial charge in [-0.15, -0.1) is 0 Å². The molecule has 0 unspecified atom stereocenters. The topological polar surface area (TPSA) is 52.7 Å². The first-order valence-corrected chi connectivity index (χ1v) is 11.3. The molecule has 0 radical (unpaired) electrons. The van der Waals surface area contributed by atoms with Crippen LogP contribution in [0.15, 0.2) is 42.5 Å². The van der Waals surface area contributed by atoms with E-state index in [-0.39, 0.29) is 23.4 Å². The number of halogens is 2. The zero-order chi connectivity index (χ0) is 22.7. The van der Waals surface area contributed by atoms with Crippen molar-refractivity contribution in [3.8, 4) is 0 Å². The van der Waals surface area contributed by atoms with Gasteiger partial charge in [-0.1, -0.05) is 30.5 Å². The van der Waals surface area contributed by atoms with Crippen molar-refractivity contribution in [2.45, 2.75) is 38.6 Å². The number of aryl methyl sites for hydroxylation is 1. The summed E-state index contributed by atoms with van der Waals surface area (Å²) in [5.41, 5.74) is 1.77. The van der Waals surface area contributed by atoms with E-state index in [1.165, 1.54) is 6.07 Å². The zero-order valence-corrected chi connectivity index (χ0v) is 18.3. The van der Waals surface area contributed by atoms with E-state index in [1.807, 2.05) is 36.1 Å². The second-order valence-corrected chi connectivity index (χ2v) is 8.80. The van der Waals surface area contributed by atoms with Crippen LogP contribution in [0.5, 0.6) is 0 Å². The van der Waals surface area contributed by atoms with E-state index in [9.17, 15) is 18.4 Å². The van der Waals surface area contributed by atoms with Gasteiger partial charge < -0.3 is 10.2 Å². The fourth-order valence-electron chi connectivity index (χ4n) is 4.83. The van der Waals surface area contributed by atoms with Crippen molar-refractivity contribution in [2.75, 3.05) is 31.5 Å². The molecule has 1 aliphatic heterocycles. The summed E-state index contributed by atoms with van der Waals surface area (Å²) >= 11 is 0. The van der Waals surface area contributed by atoms with Gasteiger partial charge in [0.25, 0.3) is 5.91 Å². The van der Waals surface area contributed by atoms with Gasteiger partial charge in [-0.2, -0.15) is 0 Å². The number of amides is 2. The number of carbonyl (C=O) groups is 2. The molecular weight excluding hydrogens is 412 g/mol. The molecule has 0 spiro atoms. The summed E-state index contributed by atoms with van der Waals surface area (Å²) in [4.78, 5) is 30.0. The van der Waals surface area contributed by atoms with Crippen molar-refractivity contribution in [3.63, 3.8) is 0 Å². The molecule has 4 rings (SSSR count). The summed E-state index contributed by atoms with van der Waals surface area (Å²) in [6, 6.07) is 10.3. The molecule has 2 fully saturated rings. The summed E-state index contributed by atoms with van der Waals surface area (Å²) in [6.45, 7) is 4.22. The summed E-state index contributed by atoms with van der Waals surface area (Å²) in [6.07, 6.45) is 4.05. The molecule has 2 amide bonds. The molecular formula is C25H29F2N3O2. The van der Waals surface area contributed by atoms with Crippen LogP contribution in [0.2, 0.25) is 0 Å². The number of anilines is 1. The van der Waals surface area contributed by atoms with E-state index >= 15 is 0 Å². The van der Waals surface area contributed by atoms with E-state index in [1.54, 1.807) is 0 Å². The highest BCUT2D eigenvalue weighted by Gasteiger charge is 2.37. The molecule has 2 aliphatic rings. The lowest BCUT2D eigenvalue weighted by atomic mass is 9.94. The van der Waals surface area contributed by atoms with Crippen molar-refractivity contribution in [3.05, 3.63) is 65.2 Å². The Bertz CT molecular complexity index is 966. The monoisotopic (exact) mass is 441 g/mol. The Morgan fingerprint density at radius 1 is 0.969 bits per heavy atom. The van der Waals surface area contributed by atoms with E-state index in [0.29, 0.717) is 31.7 Å². The van der Waals surface area contributed by atoms with Crippen LogP contribution in [-0.4, -0.2) is 53.8 Å². The smallest absolute Gasteiger partial charge is 0.253 e. The Hall–Kier alpha value is -2.80. The predicted molar refractivity (Wildman–Crippen MR) is 119 cm³/mol. The van der Waals surface area contributed by atoms with Crippen LogP contribution in [0, 0.1) is 24.5 Å². The van der Waals surface area contributed by atoms with Gasteiger partial charge in [-0.25, -0.2) is 8.78 Å². The third kappa shape index (κ3) is 4.99. The van der Waals surface area contributed by atoms with Gasteiger partial charge in [-0.05, 0) is 49.9 Å². The summed E-state index contributed by atoms with van der Waals surface area (Å²) in [7, 11) is 0. The zero-order valence-electron chi connectivity index (χ0n) is 18.3. The van der Waals surface area contributed by atoms with Crippen LogP contribution < -0.4 is 5.32 Å². The number of benzene rings is 2. The van der Waals surface area contributed by atoms with Gasteiger partial charge in [0, 0.05) is 37.8 Å². The number of piperazine rings is 1. The second kappa shape index (κ2) is 9.77. The van der Waals surface area contributed by atoms with Crippen LogP contribution >= 0.6 is 0 Å².